The van der Waals surface area contributed by atoms with E-state index in [0.717, 1.165) is 16.7 Å². The van der Waals surface area contributed by atoms with Gasteiger partial charge in [-0.15, -0.1) is 0 Å². The lowest BCUT2D eigenvalue weighted by Gasteiger charge is -2.39. The highest BCUT2D eigenvalue weighted by atomic mass is 127. The topological polar surface area (TPSA) is 38.0 Å². The van der Waals surface area contributed by atoms with Gasteiger partial charge in [-0.3, -0.25) is 0 Å². The van der Waals surface area contributed by atoms with Crippen molar-refractivity contribution in [1.29, 1.82) is 0 Å². The molecule has 6 heteroatoms. The predicted octanol–water partition coefficient (Wildman–Crippen LogP) is 7.36. The van der Waals surface area contributed by atoms with Crippen LogP contribution in [0.4, 0.5) is 13.2 Å². The van der Waals surface area contributed by atoms with E-state index in [9.17, 15) is 13.2 Å². The van der Waals surface area contributed by atoms with Gasteiger partial charge in [0.25, 0.3) is 0 Å². The summed E-state index contributed by atoms with van der Waals surface area (Å²) in [5.41, 5.74) is 5.91. The number of halogens is 4. The van der Waals surface area contributed by atoms with E-state index < -0.39 is 17.3 Å². The fraction of sp³-hybridized carbons (Fsp3) is 0.0714. The van der Waals surface area contributed by atoms with Crippen molar-refractivity contribution in [3.63, 3.8) is 0 Å². The molecule has 3 N–H and O–H groups in total. The van der Waals surface area contributed by atoms with Gasteiger partial charge in [0.05, 0.1) is 5.57 Å². The highest BCUT2D eigenvalue weighted by Gasteiger charge is 2.40. The molecule has 0 saturated carbocycles. The number of hydrogen-bond donors (Lipinski definition) is 2. The van der Waals surface area contributed by atoms with E-state index in [1.807, 2.05) is 114 Å². The van der Waals surface area contributed by atoms with Crippen LogP contribution in [0.2, 0.25) is 0 Å². The minimum absolute atomic E-state index is 0.0707. The van der Waals surface area contributed by atoms with E-state index in [-0.39, 0.29) is 14.8 Å². The van der Waals surface area contributed by atoms with Crippen molar-refractivity contribution in [3.05, 3.63) is 154 Å². The van der Waals surface area contributed by atoms with Crippen LogP contribution in [-0.4, -0.2) is 6.18 Å². The van der Waals surface area contributed by atoms with Gasteiger partial charge in [-0.25, -0.2) is 0 Å². The molecular formula is C28H24F3IN2. The van der Waals surface area contributed by atoms with Gasteiger partial charge in [-0.2, -0.15) is 13.2 Å². The molecule has 0 aliphatic carbocycles. The van der Waals surface area contributed by atoms with Gasteiger partial charge in [0, 0.05) is 14.8 Å². The van der Waals surface area contributed by atoms with Crippen LogP contribution in [-0.2, 0) is 5.54 Å². The van der Waals surface area contributed by atoms with Gasteiger partial charge < -0.3 is 11.1 Å². The Morgan fingerprint density at radius 1 is 0.765 bits per heavy atom. The van der Waals surface area contributed by atoms with Crippen LogP contribution in [0.1, 0.15) is 16.7 Å². The second kappa shape index (κ2) is 10.8. The highest BCUT2D eigenvalue weighted by Crippen LogP contribution is 2.41. The summed E-state index contributed by atoms with van der Waals surface area (Å²) in [6.07, 6.45) is -2.06. The van der Waals surface area contributed by atoms with Crippen molar-refractivity contribution in [3.8, 4) is 0 Å². The third-order valence-electron chi connectivity index (χ3n) is 5.39. The molecule has 0 heterocycles. The molecule has 0 spiro atoms. The summed E-state index contributed by atoms with van der Waals surface area (Å²) in [6.45, 7) is 7.38. The molecule has 2 nitrogen and oxygen atoms in total. The molecular weight excluding hydrogens is 548 g/mol. The molecule has 174 valence electrons. The summed E-state index contributed by atoms with van der Waals surface area (Å²) < 4.78 is 41.7. The monoisotopic (exact) mass is 572 g/mol. The largest absolute Gasteiger partial charge is 0.416 e. The molecule has 0 aliphatic heterocycles. The third kappa shape index (κ3) is 5.28. The Morgan fingerprint density at radius 3 is 1.47 bits per heavy atom. The number of nitrogens with one attached hydrogen (secondary N) is 1. The summed E-state index contributed by atoms with van der Waals surface area (Å²) in [5, 5.41) is 3.38. The summed E-state index contributed by atoms with van der Waals surface area (Å²) in [4.78, 5) is 0. The Balaban J connectivity index is 2.30. The Bertz CT molecular complexity index is 1100. The fourth-order valence-corrected chi connectivity index (χ4v) is 4.71. The maximum Gasteiger partial charge on any atom is 0.416 e. The number of alkyl halides is 3. The van der Waals surface area contributed by atoms with E-state index in [0.29, 0.717) is 0 Å². The van der Waals surface area contributed by atoms with Gasteiger partial charge in [-0.05, 0) is 51.6 Å². The number of benzene rings is 3. The standard InChI is InChI=1S/C28H24F3IN2/c1-20(28(29,30)31)26(25(32)18-19-33)21(2)34-27(22-12-6-3-7-13-22,23-14-8-4-9-15-23)24-16-10-5-11-17-24/h3-19,34H,1-2,33H2/b19-18-,26-25+. The second-order valence-electron chi connectivity index (χ2n) is 7.51. The van der Waals surface area contributed by atoms with E-state index >= 15 is 0 Å². The molecule has 34 heavy (non-hydrogen) atoms. The summed E-state index contributed by atoms with van der Waals surface area (Å²) in [7, 11) is 0. The zero-order valence-corrected chi connectivity index (χ0v) is 20.5. The second-order valence-corrected chi connectivity index (χ2v) is 8.67. The number of rotatable bonds is 8. The SMILES string of the molecule is C=C(NC(c1ccccc1)(c1ccccc1)c1ccccc1)/C(C(=C)C(F)(F)F)=C(I)\C=C/N. The van der Waals surface area contributed by atoms with Crippen LogP contribution in [0.25, 0.3) is 0 Å². The molecule has 3 aromatic rings. The first kappa shape index (κ1) is 25.4. The predicted molar refractivity (Wildman–Crippen MR) is 141 cm³/mol. The molecule has 0 unspecified atom stereocenters. The summed E-state index contributed by atoms with van der Waals surface area (Å²) in [5.74, 6) is 0. The fourth-order valence-electron chi connectivity index (χ4n) is 3.85. The molecule has 3 rings (SSSR count). The lowest BCUT2D eigenvalue weighted by molar-refractivity contribution is -0.0888. The van der Waals surface area contributed by atoms with Gasteiger partial charge in [0.1, 0.15) is 5.54 Å². The van der Waals surface area contributed by atoms with E-state index in [1.165, 1.54) is 12.3 Å². The van der Waals surface area contributed by atoms with E-state index in [1.54, 1.807) is 0 Å². The first-order valence-corrected chi connectivity index (χ1v) is 11.5. The number of nitrogens with two attached hydrogens (primary N) is 1. The lowest BCUT2D eigenvalue weighted by Crippen LogP contribution is -2.44. The highest BCUT2D eigenvalue weighted by molar-refractivity contribution is 14.1. The van der Waals surface area contributed by atoms with Crippen molar-refractivity contribution >= 4 is 22.6 Å². The van der Waals surface area contributed by atoms with E-state index in [4.69, 9.17) is 5.73 Å². The first-order valence-electron chi connectivity index (χ1n) is 10.4. The van der Waals surface area contributed by atoms with Crippen molar-refractivity contribution in [2.75, 3.05) is 0 Å². The Morgan fingerprint density at radius 2 is 1.15 bits per heavy atom. The minimum atomic E-state index is -4.65. The smallest absolute Gasteiger partial charge is 0.405 e. The van der Waals surface area contributed by atoms with Crippen LogP contribution in [0.5, 0.6) is 0 Å². The molecule has 3 aromatic carbocycles. The van der Waals surface area contributed by atoms with Crippen molar-refractivity contribution < 1.29 is 13.2 Å². The molecule has 0 amide bonds. The van der Waals surface area contributed by atoms with Crippen molar-refractivity contribution in [1.82, 2.24) is 5.32 Å². The maximum absolute atomic E-state index is 13.8. The van der Waals surface area contributed by atoms with Gasteiger partial charge >= 0.3 is 6.18 Å². The van der Waals surface area contributed by atoms with Crippen LogP contribution in [0.15, 0.2) is 137 Å². The normalized spacial score (nSPS) is 12.8. The van der Waals surface area contributed by atoms with Crippen LogP contribution >= 0.6 is 22.6 Å². The molecule has 0 fully saturated rings. The number of hydrogen-bond acceptors (Lipinski definition) is 2. The van der Waals surface area contributed by atoms with Gasteiger partial charge in [0.2, 0.25) is 0 Å². The molecule has 0 aliphatic rings. The molecule has 0 atom stereocenters. The zero-order valence-electron chi connectivity index (χ0n) is 18.3. The van der Waals surface area contributed by atoms with Gasteiger partial charge in [-0.1, -0.05) is 104 Å². The maximum atomic E-state index is 13.8. The van der Waals surface area contributed by atoms with Crippen LogP contribution in [0.3, 0.4) is 0 Å². The van der Waals surface area contributed by atoms with Crippen molar-refractivity contribution in [2.45, 2.75) is 11.7 Å². The Labute approximate surface area is 211 Å². The molecule has 0 bridgehead atoms. The number of allylic oxidation sites excluding steroid dienone is 3. The van der Waals surface area contributed by atoms with Crippen LogP contribution < -0.4 is 11.1 Å². The molecule has 0 aromatic heterocycles. The average Bonchev–Trinajstić information content (AvgIpc) is 2.84. The lowest BCUT2D eigenvalue weighted by atomic mass is 9.76. The molecule has 0 saturated heterocycles. The third-order valence-corrected chi connectivity index (χ3v) is 6.28. The van der Waals surface area contributed by atoms with Crippen LogP contribution in [0, 0.1) is 0 Å². The minimum Gasteiger partial charge on any atom is -0.405 e. The first-order chi connectivity index (χ1) is 16.2. The average molecular weight is 572 g/mol. The summed E-state index contributed by atoms with van der Waals surface area (Å²) in [6, 6.07) is 28.7. The van der Waals surface area contributed by atoms with Crippen molar-refractivity contribution in [2.24, 2.45) is 5.73 Å². The quantitative estimate of drug-likeness (QED) is 0.168. The van der Waals surface area contributed by atoms with E-state index in [2.05, 4.69) is 18.5 Å². The summed E-state index contributed by atoms with van der Waals surface area (Å²) >= 11 is 1.82. The Hall–Kier alpha value is -3.26. The molecule has 0 radical (unpaired) electrons. The Kier molecular flexibility index (Phi) is 8.04. The van der Waals surface area contributed by atoms with Gasteiger partial charge in [0.15, 0.2) is 0 Å². The zero-order chi connectivity index (χ0) is 24.8.